The van der Waals surface area contributed by atoms with Gasteiger partial charge in [-0.1, -0.05) is 24.3 Å². The SMILES string of the molecule is Cn1ccc2c3ccccc3c3oc4ccc(F)cc4c(=O)c3c21. The molecule has 5 rings (SSSR count). The van der Waals surface area contributed by atoms with Crippen LogP contribution in [0.2, 0.25) is 0 Å². The number of fused-ring (bicyclic) bond motifs is 7. The van der Waals surface area contributed by atoms with E-state index in [1.807, 2.05) is 48.1 Å². The zero-order valence-electron chi connectivity index (χ0n) is 12.8. The molecule has 0 aliphatic heterocycles. The summed E-state index contributed by atoms with van der Waals surface area (Å²) in [6.07, 6.45) is 1.92. The van der Waals surface area contributed by atoms with Crippen LogP contribution >= 0.6 is 0 Å². The first-order valence-electron chi connectivity index (χ1n) is 7.67. The van der Waals surface area contributed by atoms with E-state index in [4.69, 9.17) is 4.42 Å². The van der Waals surface area contributed by atoms with Gasteiger partial charge in [0.25, 0.3) is 0 Å². The lowest BCUT2D eigenvalue weighted by Crippen LogP contribution is -2.05. The van der Waals surface area contributed by atoms with Crippen LogP contribution < -0.4 is 5.43 Å². The molecule has 0 atom stereocenters. The fourth-order valence-electron chi connectivity index (χ4n) is 3.55. The molecule has 116 valence electrons. The van der Waals surface area contributed by atoms with E-state index in [1.165, 1.54) is 18.2 Å². The monoisotopic (exact) mass is 317 g/mol. The Bertz CT molecular complexity index is 1340. The predicted octanol–water partition coefficient (Wildman–Crippen LogP) is 4.73. The Morgan fingerprint density at radius 2 is 1.75 bits per heavy atom. The molecule has 0 unspecified atom stereocenters. The predicted molar refractivity (Wildman–Crippen MR) is 93.9 cm³/mol. The molecular weight excluding hydrogens is 305 g/mol. The van der Waals surface area contributed by atoms with Gasteiger partial charge >= 0.3 is 0 Å². The summed E-state index contributed by atoms with van der Waals surface area (Å²) < 4.78 is 21.6. The second kappa shape index (κ2) is 4.45. The molecule has 2 heterocycles. The molecule has 3 nitrogen and oxygen atoms in total. The molecule has 4 heteroatoms. The first-order valence-corrected chi connectivity index (χ1v) is 7.67. The van der Waals surface area contributed by atoms with Gasteiger partial charge in [-0.2, -0.15) is 0 Å². The quantitative estimate of drug-likeness (QED) is 0.306. The normalized spacial score (nSPS) is 11.9. The van der Waals surface area contributed by atoms with E-state index in [0.717, 1.165) is 21.7 Å². The zero-order chi connectivity index (χ0) is 16.4. The lowest BCUT2D eigenvalue weighted by atomic mass is 10.0. The van der Waals surface area contributed by atoms with Crippen molar-refractivity contribution in [3.63, 3.8) is 0 Å². The van der Waals surface area contributed by atoms with Crippen molar-refractivity contribution in [3.8, 4) is 0 Å². The number of hydrogen-bond acceptors (Lipinski definition) is 2. The zero-order valence-corrected chi connectivity index (χ0v) is 12.8. The number of aryl methyl sites for hydroxylation is 1. The van der Waals surface area contributed by atoms with Crippen LogP contribution in [0.4, 0.5) is 4.39 Å². The highest BCUT2D eigenvalue weighted by Gasteiger charge is 2.17. The molecule has 0 saturated heterocycles. The number of nitrogens with zero attached hydrogens (tertiary/aromatic N) is 1. The molecule has 0 bridgehead atoms. The van der Waals surface area contributed by atoms with Gasteiger partial charge in [-0.05, 0) is 29.7 Å². The maximum absolute atomic E-state index is 13.6. The lowest BCUT2D eigenvalue weighted by Gasteiger charge is -2.09. The van der Waals surface area contributed by atoms with Gasteiger partial charge in [0, 0.05) is 24.0 Å². The molecule has 0 radical (unpaired) electrons. The van der Waals surface area contributed by atoms with Crippen LogP contribution in [-0.4, -0.2) is 4.57 Å². The molecule has 0 saturated carbocycles. The maximum Gasteiger partial charge on any atom is 0.202 e. The summed E-state index contributed by atoms with van der Waals surface area (Å²) >= 11 is 0. The van der Waals surface area contributed by atoms with E-state index in [0.29, 0.717) is 16.6 Å². The Labute approximate surface area is 135 Å². The molecule has 3 aromatic carbocycles. The van der Waals surface area contributed by atoms with Crippen molar-refractivity contribution in [1.29, 1.82) is 0 Å². The van der Waals surface area contributed by atoms with Crippen LogP contribution in [0.15, 0.2) is 63.9 Å². The first-order chi connectivity index (χ1) is 11.6. The molecule has 24 heavy (non-hydrogen) atoms. The van der Waals surface area contributed by atoms with Gasteiger partial charge < -0.3 is 8.98 Å². The lowest BCUT2D eigenvalue weighted by molar-refractivity contribution is 0.624. The van der Waals surface area contributed by atoms with Gasteiger partial charge in [-0.15, -0.1) is 0 Å². The largest absolute Gasteiger partial charge is 0.455 e. The van der Waals surface area contributed by atoms with E-state index >= 15 is 0 Å². The number of halogens is 1. The molecule has 2 aromatic heterocycles. The van der Waals surface area contributed by atoms with Crippen LogP contribution in [-0.2, 0) is 7.05 Å². The number of aromatic nitrogens is 1. The molecule has 0 amide bonds. The maximum atomic E-state index is 13.6. The average molecular weight is 317 g/mol. The van der Waals surface area contributed by atoms with Crippen LogP contribution in [0.1, 0.15) is 0 Å². The van der Waals surface area contributed by atoms with Crippen molar-refractivity contribution in [2.75, 3.05) is 0 Å². The van der Waals surface area contributed by atoms with E-state index in [1.54, 1.807) is 0 Å². The van der Waals surface area contributed by atoms with Crippen LogP contribution in [0.5, 0.6) is 0 Å². The molecule has 0 fully saturated rings. The van der Waals surface area contributed by atoms with Crippen LogP contribution in [0, 0.1) is 5.82 Å². The second-order valence-corrected chi connectivity index (χ2v) is 6.01. The van der Waals surface area contributed by atoms with Gasteiger partial charge in [0.05, 0.1) is 16.3 Å². The van der Waals surface area contributed by atoms with Gasteiger partial charge in [0.1, 0.15) is 17.0 Å². The van der Waals surface area contributed by atoms with Crippen molar-refractivity contribution in [2.24, 2.45) is 7.05 Å². The van der Waals surface area contributed by atoms with Gasteiger partial charge in [-0.3, -0.25) is 4.79 Å². The third-order valence-electron chi connectivity index (χ3n) is 4.62. The van der Waals surface area contributed by atoms with Crippen LogP contribution in [0.3, 0.4) is 0 Å². The minimum absolute atomic E-state index is 0.205. The average Bonchev–Trinajstić information content (AvgIpc) is 2.98. The van der Waals surface area contributed by atoms with E-state index in [-0.39, 0.29) is 10.8 Å². The summed E-state index contributed by atoms with van der Waals surface area (Å²) in [4.78, 5) is 13.1. The summed E-state index contributed by atoms with van der Waals surface area (Å²) in [5.41, 5.74) is 1.54. The van der Waals surface area contributed by atoms with Gasteiger partial charge in [0.15, 0.2) is 0 Å². The minimum Gasteiger partial charge on any atom is -0.455 e. The summed E-state index contributed by atoms with van der Waals surface area (Å²) in [5.74, 6) is -0.446. The number of rotatable bonds is 0. The highest BCUT2D eigenvalue weighted by molar-refractivity contribution is 6.23. The molecule has 0 N–H and O–H groups in total. The van der Waals surface area contributed by atoms with E-state index in [2.05, 4.69) is 0 Å². The topological polar surface area (TPSA) is 35.1 Å². The fourth-order valence-corrected chi connectivity index (χ4v) is 3.55. The van der Waals surface area contributed by atoms with Crippen molar-refractivity contribution in [1.82, 2.24) is 4.57 Å². The Kier molecular flexibility index (Phi) is 2.47. The molecule has 0 aliphatic carbocycles. The second-order valence-electron chi connectivity index (χ2n) is 6.01. The molecule has 5 aromatic rings. The van der Waals surface area contributed by atoms with E-state index < -0.39 is 5.82 Å². The summed E-state index contributed by atoms with van der Waals surface area (Å²) in [7, 11) is 1.89. The van der Waals surface area contributed by atoms with Crippen molar-refractivity contribution in [3.05, 3.63) is 70.8 Å². The van der Waals surface area contributed by atoms with Crippen molar-refractivity contribution >= 4 is 43.6 Å². The Hall–Kier alpha value is -3.14. The summed E-state index contributed by atoms with van der Waals surface area (Å²) in [5, 5.41) is 3.66. The molecular formula is C20H12FNO2. The fraction of sp³-hybridized carbons (Fsp3) is 0.0500. The standard InChI is InChI=1S/C20H12FNO2/c1-22-9-8-13-12-4-2-3-5-14(12)20-17(18(13)22)19(23)15-10-11(21)6-7-16(15)24-20/h2-10H,1H3. The van der Waals surface area contributed by atoms with Crippen molar-refractivity contribution < 1.29 is 8.81 Å². The highest BCUT2D eigenvalue weighted by atomic mass is 19.1. The first kappa shape index (κ1) is 13.3. The third-order valence-corrected chi connectivity index (χ3v) is 4.62. The Morgan fingerprint density at radius 3 is 2.58 bits per heavy atom. The van der Waals surface area contributed by atoms with E-state index in [9.17, 15) is 9.18 Å². The smallest absolute Gasteiger partial charge is 0.202 e. The minimum atomic E-state index is -0.446. The van der Waals surface area contributed by atoms with Gasteiger partial charge in [-0.25, -0.2) is 4.39 Å². The highest BCUT2D eigenvalue weighted by Crippen LogP contribution is 2.35. The Balaban J connectivity index is 2.23. The summed E-state index contributed by atoms with van der Waals surface area (Å²) in [6, 6.07) is 13.9. The molecule has 0 spiro atoms. The van der Waals surface area contributed by atoms with Crippen molar-refractivity contribution in [2.45, 2.75) is 0 Å². The third kappa shape index (κ3) is 1.57. The summed E-state index contributed by atoms with van der Waals surface area (Å²) in [6.45, 7) is 0. The number of hydrogen-bond donors (Lipinski definition) is 0. The van der Waals surface area contributed by atoms with Crippen LogP contribution in [0.25, 0.3) is 43.6 Å². The Morgan fingerprint density at radius 1 is 0.958 bits per heavy atom. The molecule has 0 aliphatic rings. The van der Waals surface area contributed by atoms with Gasteiger partial charge in [0.2, 0.25) is 5.43 Å². The number of benzene rings is 3.